The van der Waals surface area contributed by atoms with Crippen LogP contribution >= 0.6 is 0 Å². The van der Waals surface area contributed by atoms with E-state index in [1.165, 1.54) is 0 Å². The van der Waals surface area contributed by atoms with E-state index in [1.54, 1.807) is 0 Å². The Morgan fingerprint density at radius 1 is 1.54 bits per heavy atom. The molecule has 76 valence electrons. The summed E-state index contributed by atoms with van der Waals surface area (Å²) in [5, 5.41) is 12.1. The molecule has 1 saturated heterocycles. The lowest BCUT2D eigenvalue weighted by molar-refractivity contribution is -0.107. The third kappa shape index (κ3) is 2.45. The SMILES string of the molecule is C=C(C(O)[C@H]1CCCN1)C(F)(F)F. The Bertz CT molecular complexity index is 196. The maximum atomic E-state index is 12.1. The predicted octanol–water partition coefficient (Wildman–Crippen LogP) is 1.22. The summed E-state index contributed by atoms with van der Waals surface area (Å²) in [7, 11) is 0. The monoisotopic (exact) mass is 195 g/mol. The number of aliphatic hydroxyl groups excluding tert-OH is 1. The van der Waals surface area contributed by atoms with Gasteiger partial charge in [0.2, 0.25) is 0 Å². The van der Waals surface area contributed by atoms with E-state index < -0.39 is 23.9 Å². The fourth-order valence-electron chi connectivity index (χ4n) is 1.39. The Hall–Kier alpha value is -0.550. The molecule has 1 heterocycles. The first kappa shape index (κ1) is 10.5. The first-order valence-corrected chi connectivity index (χ1v) is 4.10. The van der Waals surface area contributed by atoms with Gasteiger partial charge < -0.3 is 10.4 Å². The second-order valence-corrected chi connectivity index (χ2v) is 3.17. The highest BCUT2D eigenvalue weighted by Crippen LogP contribution is 2.29. The van der Waals surface area contributed by atoms with Crippen LogP contribution in [0.1, 0.15) is 12.8 Å². The van der Waals surface area contributed by atoms with Gasteiger partial charge in [-0.3, -0.25) is 0 Å². The maximum Gasteiger partial charge on any atom is 0.414 e. The van der Waals surface area contributed by atoms with Gasteiger partial charge >= 0.3 is 6.18 Å². The van der Waals surface area contributed by atoms with E-state index in [2.05, 4.69) is 11.9 Å². The van der Waals surface area contributed by atoms with Crippen LogP contribution in [0.25, 0.3) is 0 Å². The van der Waals surface area contributed by atoms with Crippen LogP contribution in [0.5, 0.6) is 0 Å². The summed E-state index contributed by atoms with van der Waals surface area (Å²) in [5.74, 6) is 0. The summed E-state index contributed by atoms with van der Waals surface area (Å²) >= 11 is 0. The molecule has 0 aromatic heterocycles. The lowest BCUT2D eigenvalue weighted by Gasteiger charge is -2.21. The van der Waals surface area contributed by atoms with Crippen molar-refractivity contribution in [1.29, 1.82) is 0 Å². The zero-order valence-corrected chi connectivity index (χ0v) is 7.06. The Labute approximate surface area is 74.4 Å². The first-order valence-electron chi connectivity index (χ1n) is 4.10. The quantitative estimate of drug-likeness (QED) is 0.649. The second-order valence-electron chi connectivity index (χ2n) is 3.17. The molecule has 0 saturated carbocycles. The number of hydrogen-bond donors (Lipinski definition) is 2. The standard InChI is InChI=1S/C8H12F3NO/c1-5(8(9,10)11)7(13)6-3-2-4-12-6/h6-7,12-13H,1-4H2/t6-,7?/m1/s1. The van der Waals surface area contributed by atoms with E-state index in [-0.39, 0.29) is 0 Å². The van der Waals surface area contributed by atoms with Gasteiger partial charge in [0.25, 0.3) is 0 Å². The van der Waals surface area contributed by atoms with Gasteiger partial charge in [0, 0.05) is 6.04 Å². The number of aliphatic hydroxyl groups is 1. The van der Waals surface area contributed by atoms with Crippen LogP contribution in [0.2, 0.25) is 0 Å². The van der Waals surface area contributed by atoms with E-state index in [0.29, 0.717) is 13.0 Å². The summed E-state index contributed by atoms with van der Waals surface area (Å²) in [5.41, 5.74) is -1.06. The van der Waals surface area contributed by atoms with Crippen LogP contribution in [0, 0.1) is 0 Å². The molecule has 0 aromatic carbocycles. The third-order valence-electron chi connectivity index (χ3n) is 2.20. The smallest absolute Gasteiger partial charge is 0.387 e. The van der Waals surface area contributed by atoms with Crippen molar-refractivity contribution in [3.8, 4) is 0 Å². The molecule has 5 heteroatoms. The van der Waals surface area contributed by atoms with Crippen LogP contribution in [0.15, 0.2) is 12.2 Å². The van der Waals surface area contributed by atoms with Gasteiger partial charge in [-0.15, -0.1) is 0 Å². The molecule has 1 unspecified atom stereocenters. The molecule has 1 rings (SSSR count). The molecule has 2 N–H and O–H groups in total. The molecule has 2 atom stereocenters. The summed E-state index contributed by atoms with van der Waals surface area (Å²) in [4.78, 5) is 0. The van der Waals surface area contributed by atoms with Gasteiger partial charge in [0.15, 0.2) is 0 Å². The number of nitrogens with one attached hydrogen (secondary N) is 1. The normalized spacial score (nSPS) is 26.0. The van der Waals surface area contributed by atoms with E-state index in [0.717, 1.165) is 6.42 Å². The molecule has 0 radical (unpaired) electrons. The number of halogens is 3. The Balaban J connectivity index is 2.56. The number of hydrogen-bond acceptors (Lipinski definition) is 2. The van der Waals surface area contributed by atoms with Crippen molar-refractivity contribution in [2.24, 2.45) is 0 Å². The van der Waals surface area contributed by atoms with Crippen molar-refractivity contribution < 1.29 is 18.3 Å². The van der Waals surface area contributed by atoms with Crippen molar-refractivity contribution in [3.05, 3.63) is 12.2 Å². The van der Waals surface area contributed by atoms with E-state index in [4.69, 9.17) is 0 Å². The topological polar surface area (TPSA) is 32.3 Å². The highest BCUT2D eigenvalue weighted by atomic mass is 19.4. The van der Waals surface area contributed by atoms with Crippen molar-refractivity contribution >= 4 is 0 Å². The molecule has 0 bridgehead atoms. The van der Waals surface area contributed by atoms with Gasteiger partial charge in [0.1, 0.15) is 0 Å². The van der Waals surface area contributed by atoms with Crippen LogP contribution in [0.3, 0.4) is 0 Å². The summed E-state index contributed by atoms with van der Waals surface area (Å²) in [6.07, 6.45) is -4.64. The zero-order chi connectivity index (χ0) is 10.1. The van der Waals surface area contributed by atoms with E-state index >= 15 is 0 Å². The molecule has 0 aliphatic carbocycles. The lowest BCUT2D eigenvalue weighted by Crippen LogP contribution is -2.39. The summed E-state index contributed by atoms with van der Waals surface area (Å²) < 4.78 is 36.2. The minimum Gasteiger partial charge on any atom is -0.387 e. The molecule has 1 fully saturated rings. The van der Waals surface area contributed by atoms with Crippen LogP contribution in [0.4, 0.5) is 13.2 Å². The molecule has 1 aliphatic rings. The van der Waals surface area contributed by atoms with Crippen molar-refractivity contribution in [2.75, 3.05) is 6.54 Å². The molecular weight excluding hydrogens is 183 g/mol. The van der Waals surface area contributed by atoms with Gasteiger partial charge in [0.05, 0.1) is 11.7 Å². The third-order valence-corrected chi connectivity index (χ3v) is 2.20. The van der Waals surface area contributed by atoms with Crippen LogP contribution in [-0.4, -0.2) is 30.0 Å². The largest absolute Gasteiger partial charge is 0.414 e. The molecule has 0 amide bonds. The zero-order valence-electron chi connectivity index (χ0n) is 7.06. The average molecular weight is 195 g/mol. The highest BCUT2D eigenvalue weighted by Gasteiger charge is 2.39. The predicted molar refractivity (Wildman–Crippen MR) is 42.2 cm³/mol. The molecule has 0 aromatic rings. The molecule has 13 heavy (non-hydrogen) atoms. The minimum atomic E-state index is -4.50. The Kier molecular flexibility index (Phi) is 2.98. The van der Waals surface area contributed by atoms with Gasteiger partial charge in [-0.25, -0.2) is 0 Å². The highest BCUT2D eigenvalue weighted by molar-refractivity contribution is 5.12. The lowest BCUT2D eigenvalue weighted by atomic mass is 10.0. The van der Waals surface area contributed by atoms with Crippen molar-refractivity contribution in [3.63, 3.8) is 0 Å². The number of rotatable bonds is 2. The summed E-state index contributed by atoms with van der Waals surface area (Å²) in [6, 6.07) is -0.492. The number of alkyl halides is 3. The molecule has 0 spiro atoms. The van der Waals surface area contributed by atoms with Gasteiger partial charge in [-0.1, -0.05) is 6.58 Å². The maximum absolute atomic E-state index is 12.1. The first-order chi connectivity index (χ1) is 5.93. The van der Waals surface area contributed by atoms with Gasteiger partial charge in [-0.2, -0.15) is 13.2 Å². The molecule has 1 aliphatic heterocycles. The minimum absolute atomic E-state index is 0.492. The fraction of sp³-hybridized carbons (Fsp3) is 0.750. The summed E-state index contributed by atoms with van der Waals surface area (Å²) in [6.45, 7) is 3.52. The molecule has 2 nitrogen and oxygen atoms in total. The Morgan fingerprint density at radius 2 is 2.15 bits per heavy atom. The second kappa shape index (κ2) is 3.67. The average Bonchev–Trinajstić information content (AvgIpc) is 2.51. The Morgan fingerprint density at radius 3 is 2.54 bits per heavy atom. The van der Waals surface area contributed by atoms with Crippen LogP contribution in [-0.2, 0) is 0 Å². The molecular formula is C8H12F3NO. The van der Waals surface area contributed by atoms with Crippen molar-refractivity contribution in [1.82, 2.24) is 5.32 Å². The van der Waals surface area contributed by atoms with Gasteiger partial charge in [-0.05, 0) is 19.4 Å². The van der Waals surface area contributed by atoms with Crippen LogP contribution < -0.4 is 5.32 Å². The van der Waals surface area contributed by atoms with E-state index in [1.807, 2.05) is 0 Å². The van der Waals surface area contributed by atoms with E-state index in [9.17, 15) is 18.3 Å². The van der Waals surface area contributed by atoms with Crippen molar-refractivity contribution in [2.45, 2.75) is 31.2 Å². The fourth-order valence-corrected chi connectivity index (χ4v) is 1.39.